The molecule has 3 aliphatic heterocycles. The van der Waals surface area contributed by atoms with Crippen molar-refractivity contribution in [3.8, 4) is 11.5 Å². The van der Waals surface area contributed by atoms with E-state index >= 15 is 0 Å². The highest BCUT2D eigenvalue weighted by atomic mass is 32.2. The molecule has 2 aromatic carbocycles. The quantitative estimate of drug-likeness (QED) is 0.333. The Morgan fingerprint density at radius 2 is 1.68 bits per heavy atom. The van der Waals surface area contributed by atoms with Gasteiger partial charge in [0.05, 0.1) is 57.1 Å². The minimum atomic E-state index is -0.691. The topological polar surface area (TPSA) is 107 Å². The molecule has 0 saturated carbocycles. The third-order valence-electron chi connectivity index (χ3n) is 7.77. The van der Waals surface area contributed by atoms with Gasteiger partial charge in [-0.25, -0.2) is 9.79 Å². The Labute approximate surface area is 261 Å². The molecule has 11 heteroatoms. The van der Waals surface area contributed by atoms with Gasteiger partial charge in [0.2, 0.25) is 5.91 Å². The summed E-state index contributed by atoms with van der Waals surface area (Å²) in [5.74, 6) is -0.105. The third kappa shape index (κ3) is 6.47. The van der Waals surface area contributed by atoms with Crippen molar-refractivity contribution in [2.45, 2.75) is 39.2 Å². The van der Waals surface area contributed by atoms with Gasteiger partial charge in [-0.1, -0.05) is 42.1 Å². The number of amidine groups is 1. The summed E-state index contributed by atoms with van der Waals surface area (Å²) in [7, 11) is 3.14. The SMILES string of the molecule is CCOC(=O)C1=C(c2ccccc2)N=C2SC=C(CC(=O)N3CCC[C@H](C(=O)OCC)C3)N2[C@H]1c1cc(OC)cc(OC)c1. The maximum atomic E-state index is 13.8. The summed E-state index contributed by atoms with van der Waals surface area (Å²) >= 11 is 1.40. The Kier molecular flexibility index (Phi) is 9.94. The van der Waals surface area contributed by atoms with Crippen LogP contribution in [0.3, 0.4) is 0 Å². The van der Waals surface area contributed by atoms with E-state index in [0.29, 0.717) is 65.3 Å². The molecular weight excluding hydrogens is 582 g/mol. The zero-order chi connectivity index (χ0) is 31.2. The standard InChI is InChI=1S/C33H37N3O7S/c1-5-42-31(38)22-13-10-14-35(19-22)27(37)17-24-20-44-33-34-29(21-11-8-7-9-12-21)28(32(39)43-6-2)30(36(24)33)23-15-25(40-3)18-26(16-23)41-4/h7-9,11-12,15-16,18,20,22,30H,5-6,10,13-14,17,19H2,1-4H3/t22-,30-/m0/s1. The van der Waals surface area contributed by atoms with E-state index in [-0.39, 0.29) is 30.8 Å². The number of amides is 1. The Morgan fingerprint density at radius 1 is 0.977 bits per heavy atom. The van der Waals surface area contributed by atoms with E-state index in [2.05, 4.69) is 0 Å². The maximum Gasteiger partial charge on any atom is 0.338 e. The molecule has 0 radical (unpaired) electrons. The van der Waals surface area contributed by atoms with Gasteiger partial charge in [0, 0.05) is 30.4 Å². The van der Waals surface area contributed by atoms with Crippen LogP contribution < -0.4 is 9.47 Å². The molecule has 3 heterocycles. The first-order valence-corrected chi connectivity index (χ1v) is 15.6. The Morgan fingerprint density at radius 3 is 2.34 bits per heavy atom. The maximum absolute atomic E-state index is 13.8. The van der Waals surface area contributed by atoms with Crippen molar-refractivity contribution in [3.05, 3.63) is 76.3 Å². The van der Waals surface area contributed by atoms with Gasteiger partial charge < -0.3 is 28.7 Å². The second-order valence-corrected chi connectivity index (χ2v) is 11.3. The Bertz CT molecular complexity index is 1480. The summed E-state index contributed by atoms with van der Waals surface area (Å²) in [5.41, 5.74) is 3.03. The number of benzene rings is 2. The summed E-state index contributed by atoms with van der Waals surface area (Å²) in [5, 5.41) is 2.54. The zero-order valence-electron chi connectivity index (χ0n) is 25.4. The molecule has 1 saturated heterocycles. The van der Waals surface area contributed by atoms with Crippen molar-refractivity contribution >= 4 is 40.5 Å². The van der Waals surface area contributed by atoms with Crippen LogP contribution in [0.4, 0.5) is 0 Å². The number of nitrogens with zero attached hydrogens (tertiary/aromatic N) is 3. The van der Waals surface area contributed by atoms with Crippen LogP contribution in [0, 0.1) is 5.92 Å². The van der Waals surface area contributed by atoms with Gasteiger partial charge in [0.15, 0.2) is 5.17 Å². The second kappa shape index (κ2) is 14.0. The molecule has 0 unspecified atom stereocenters. The average Bonchev–Trinajstić information content (AvgIpc) is 3.46. The van der Waals surface area contributed by atoms with Crippen LogP contribution in [0.2, 0.25) is 0 Å². The molecule has 0 bridgehead atoms. The summed E-state index contributed by atoms with van der Waals surface area (Å²) in [4.78, 5) is 48.6. The van der Waals surface area contributed by atoms with Crippen LogP contribution in [-0.4, -0.2) is 73.3 Å². The van der Waals surface area contributed by atoms with Gasteiger partial charge in [-0.05, 0) is 49.8 Å². The molecule has 232 valence electrons. The smallest absolute Gasteiger partial charge is 0.338 e. The third-order valence-corrected chi connectivity index (χ3v) is 8.66. The molecule has 1 fully saturated rings. The van der Waals surface area contributed by atoms with Gasteiger partial charge in [-0.2, -0.15) is 0 Å². The van der Waals surface area contributed by atoms with Crippen molar-refractivity contribution in [3.63, 3.8) is 0 Å². The molecule has 0 N–H and O–H groups in total. The van der Waals surface area contributed by atoms with Crippen LogP contribution in [0.5, 0.6) is 11.5 Å². The summed E-state index contributed by atoms with van der Waals surface area (Å²) in [6.07, 6.45) is 1.48. The highest BCUT2D eigenvalue weighted by Crippen LogP contribution is 2.48. The second-order valence-electron chi connectivity index (χ2n) is 10.5. The molecule has 0 aromatic heterocycles. The number of fused-ring (bicyclic) bond motifs is 1. The first-order chi connectivity index (χ1) is 21.4. The Balaban J connectivity index is 1.56. The number of ether oxygens (including phenoxy) is 4. The van der Waals surface area contributed by atoms with Gasteiger partial charge in [-0.15, -0.1) is 0 Å². The number of hydrogen-bond donors (Lipinski definition) is 0. The summed E-state index contributed by atoms with van der Waals surface area (Å²) in [6, 6.07) is 14.3. The van der Waals surface area contributed by atoms with Crippen LogP contribution in [-0.2, 0) is 23.9 Å². The average molecular weight is 620 g/mol. The van der Waals surface area contributed by atoms with Crippen molar-refractivity contribution in [2.75, 3.05) is 40.5 Å². The van der Waals surface area contributed by atoms with Crippen molar-refractivity contribution in [2.24, 2.45) is 10.9 Å². The molecule has 0 aliphatic carbocycles. The number of carbonyl (C=O) groups excluding carboxylic acids is 3. The van der Waals surface area contributed by atoms with E-state index < -0.39 is 12.0 Å². The number of carbonyl (C=O) groups is 3. The summed E-state index contributed by atoms with van der Waals surface area (Å²) < 4.78 is 22.0. The van der Waals surface area contributed by atoms with Gasteiger partial charge in [0.1, 0.15) is 11.5 Å². The van der Waals surface area contributed by atoms with E-state index in [9.17, 15) is 14.4 Å². The Hall–Kier alpha value is -4.25. The molecule has 44 heavy (non-hydrogen) atoms. The molecule has 2 aromatic rings. The van der Waals surface area contributed by atoms with E-state index in [4.69, 9.17) is 23.9 Å². The van der Waals surface area contributed by atoms with Crippen LogP contribution in [0.15, 0.2) is 70.2 Å². The monoisotopic (exact) mass is 619 g/mol. The fourth-order valence-electron chi connectivity index (χ4n) is 5.71. The van der Waals surface area contributed by atoms with Crippen molar-refractivity contribution < 1.29 is 33.3 Å². The number of esters is 2. The first kappa shape index (κ1) is 31.2. The predicted molar refractivity (Wildman–Crippen MR) is 168 cm³/mol. The molecular formula is C33H37N3O7S. The van der Waals surface area contributed by atoms with E-state index in [1.807, 2.05) is 52.8 Å². The number of aliphatic imine (C=N–C) groups is 1. The van der Waals surface area contributed by atoms with Gasteiger partial charge in [0.25, 0.3) is 0 Å². The number of piperidine rings is 1. The molecule has 5 rings (SSSR count). The fourth-order valence-corrected chi connectivity index (χ4v) is 6.63. The van der Waals surface area contributed by atoms with E-state index in [1.165, 1.54) is 11.8 Å². The molecule has 1 amide bonds. The highest BCUT2D eigenvalue weighted by molar-refractivity contribution is 8.16. The number of hydrogen-bond acceptors (Lipinski definition) is 10. The number of methoxy groups -OCH3 is 2. The normalized spacial score (nSPS) is 19.5. The molecule has 3 aliphatic rings. The van der Waals surface area contributed by atoms with E-state index in [0.717, 1.165) is 12.0 Å². The molecule has 10 nitrogen and oxygen atoms in total. The largest absolute Gasteiger partial charge is 0.497 e. The minimum Gasteiger partial charge on any atom is -0.497 e. The van der Waals surface area contributed by atoms with Crippen LogP contribution >= 0.6 is 11.8 Å². The van der Waals surface area contributed by atoms with Gasteiger partial charge >= 0.3 is 11.9 Å². The van der Waals surface area contributed by atoms with Gasteiger partial charge in [-0.3, -0.25) is 9.59 Å². The summed E-state index contributed by atoms with van der Waals surface area (Å²) in [6.45, 7) is 4.92. The zero-order valence-corrected chi connectivity index (χ0v) is 26.2. The molecule has 2 atom stereocenters. The van der Waals surface area contributed by atoms with E-state index in [1.54, 1.807) is 39.0 Å². The van der Waals surface area contributed by atoms with Crippen molar-refractivity contribution in [1.82, 2.24) is 9.80 Å². The lowest BCUT2D eigenvalue weighted by Gasteiger charge is -2.38. The lowest BCUT2D eigenvalue weighted by molar-refractivity contribution is -0.151. The van der Waals surface area contributed by atoms with Crippen LogP contribution in [0.1, 0.15) is 50.3 Å². The molecule has 0 spiro atoms. The van der Waals surface area contributed by atoms with Crippen LogP contribution in [0.25, 0.3) is 5.70 Å². The van der Waals surface area contributed by atoms with Crippen molar-refractivity contribution in [1.29, 1.82) is 0 Å². The predicted octanol–water partition coefficient (Wildman–Crippen LogP) is 5.17. The fraction of sp³-hybridized carbons (Fsp3) is 0.394. The number of rotatable bonds is 10. The minimum absolute atomic E-state index is 0.0654. The highest BCUT2D eigenvalue weighted by Gasteiger charge is 2.43. The first-order valence-electron chi connectivity index (χ1n) is 14.8. The lowest BCUT2D eigenvalue weighted by atomic mass is 9.91. The lowest BCUT2D eigenvalue weighted by Crippen LogP contribution is -2.44. The number of likely N-dealkylation sites (tertiary alicyclic amines) is 1. The number of thioether (sulfide) groups is 1.